The standard InChI is InChI=1S/C11H9FN2OS2/c12-7-1-3-8(4-2-7)14-10(15)9-5-17-6-13(9)11(14)16/h1-4,9H,5-6H2. The highest BCUT2D eigenvalue weighted by Gasteiger charge is 2.45. The lowest BCUT2D eigenvalue weighted by molar-refractivity contribution is -0.118. The monoisotopic (exact) mass is 268 g/mol. The second kappa shape index (κ2) is 3.96. The van der Waals surface area contributed by atoms with Crippen LogP contribution in [0.1, 0.15) is 0 Å². The van der Waals surface area contributed by atoms with E-state index in [1.807, 2.05) is 4.90 Å². The quantitative estimate of drug-likeness (QED) is 0.725. The van der Waals surface area contributed by atoms with Crippen molar-refractivity contribution in [2.45, 2.75) is 6.04 Å². The third-order valence-corrected chi connectivity index (χ3v) is 4.34. The molecule has 0 saturated carbocycles. The van der Waals surface area contributed by atoms with Gasteiger partial charge in [0.2, 0.25) is 0 Å². The fourth-order valence-electron chi connectivity index (χ4n) is 2.04. The van der Waals surface area contributed by atoms with Crippen molar-refractivity contribution in [1.29, 1.82) is 0 Å². The van der Waals surface area contributed by atoms with Crippen LogP contribution in [0.4, 0.5) is 10.1 Å². The fraction of sp³-hybridized carbons (Fsp3) is 0.273. The number of hydrogen-bond donors (Lipinski definition) is 0. The van der Waals surface area contributed by atoms with Crippen LogP contribution in [0.3, 0.4) is 0 Å². The summed E-state index contributed by atoms with van der Waals surface area (Å²) >= 11 is 7.00. The molecule has 17 heavy (non-hydrogen) atoms. The second-order valence-corrected chi connectivity index (χ2v) is 5.28. The zero-order chi connectivity index (χ0) is 12.0. The summed E-state index contributed by atoms with van der Waals surface area (Å²) in [6, 6.07) is 5.69. The zero-order valence-electron chi connectivity index (χ0n) is 8.80. The highest BCUT2D eigenvalue weighted by molar-refractivity contribution is 7.99. The molecular formula is C11H9FN2OS2. The number of rotatable bonds is 1. The number of amides is 1. The van der Waals surface area contributed by atoms with E-state index in [0.29, 0.717) is 10.8 Å². The number of carbonyl (C=O) groups is 1. The molecular weight excluding hydrogens is 259 g/mol. The Kier molecular flexibility index (Phi) is 2.56. The molecule has 2 saturated heterocycles. The summed E-state index contributed by atoms with van der Waals surface area (Å²) in [7, 11) is 0. The van der Waals surface area contributed by atoms with Gasteiger partial charge in [0, 0.05) is 5.75 Å². The molecule has 1 aromatic carbocycles. The third-order valence-electron chi connectivity index (χ3n) is 2.91. The molecule has 2 aliphatic heterocycles. The van der Waals surface area contributed by atoms with E-state index >= 15 is 0 Å². The van der Waals surface area contributed by atoms with Crippen LogP contribution < -0.4 is 4.90 Å². The van der Waals surface area contributed by atoms with Gasteiger partial charge < -0.3 is 4.90 Å². The van der Waals surface area contributed by atoms with Gasteiger partial charge in [-0.25, -0.2) is 4.39 Å². The first-order valence-corrected chi connectivity index (χ1v) is 6.72. The first-order valence-electron chi connectivity index (χ1n) is 5.16. The molecule has 0 N–H and O–H groups in total. The van der Waals surface area contributed by atoms with E-state index < -0.39 is 0 Å². The van der Waals surface area contributed by atoms with Crippen LogP contribution in [0, 0.1) is 5.82 Å². The molecule has 0 aromatic heterocycles. The summed E-state index contributed by atoms with van der Waals surface area (Å²) in [5.74, 6) is 1.21. The van der Waals surface area contributed by atoms with E-state index in [9.17, 15) is 9.18 Å². The lowest BCUT2D eigenvalue weighted by Gasteiger charge is -2.18. The number of halogens is 1. The predicted octanol–water partition coefficient (Wildman–Crippen LogP) is 1.83. The average Bonchev–Trinajstić information content (AvgIpc) is 2.87. The van der Waals surface area contributed by atoms with Gasteiger partial charge in [0.1, 0.15) is 11.9 Å². The number of thioether (sulfide) groups is 1. The highest BCUT2D eigenvalue weighted by atomic mass is 32.2. The number of hydrogen-bond acceptors (Lipinski definition) is 3. The van der Waals surface area contributed by atoms with Crippen molar-refractivity contribution in [2.75, 3.05) is 16.5 Å². The van der Waals surface area contributed by atoms with Gasteiger partial charge in [-0.1, -0.05) is 0 Å². The third kappa shape index (κ3) is 1.63. The van der Waals surface area contributed by atoms with Gasteiger partial charge >= 0.3 is 0 Å². The topological polar surface area (TPSA) is 23.6 Å². The Morgan fingerprint density at radius 3 is 2.71 bits per heavy atom. The predicted molar refractivity (Wildman–Crippen MR) is 69.4 cm³/mol. The average molecular weight is 268 g/mol. The molecule has 2 fully saturated rings. The number of thiocarbonyl (C=S) groups is 1. The summed E-state index contributed by atoms with van der Waals surface area (Å²) in [5.41, 5.74) is 0.640. The molecule has 0 spiro atoms. The van der Waals surface area contributed by atoms with E-state index in [0.717, 1.165) is 11.6 Å². The van der Waals surface area contributed by atoms with Crippen LogP contribution in [0.25, 0.3) is 0 Å². The Hall–Kier alpha value is -1.14. The van der Waals surface area contributed by atoms with Crippen LogP contribution >= 0.6 is 24.0 Å². The van der Waals surface area contributed by atoms with Gasteiger partial charge in [0.15, 0.2) is 5.11 Å². The molecule has 1 unspecified atom stereocenters. The van der Waals surface area contributed by atoms with Crippen molar-refractivity contribution < 1.29 is 9.18 Å². The van der Waals surface area contributed by atoms with Gasteiger partial charge in [-0.15, -0.1) is 11.8 Å². The Bertz CT molecular complexity index is 469. The maximum atomic E-state index is 12.8. The van der Waals surface area contributed by atoms with Crippen molar-refractivity contribution in [3.8, 4) is 0 Å². The van der Waals surface area contributed by atoms with Crippen LogP contribution in [0.2, 0.25) is 0 Å². The maximum absolute atomic E-state index is 12.8. The Morgan fingerprint density at radius 2 is 2.06 bits per heavy atom. The minimum Gasteiger partial charge on any atom is -0.326 e. The minimum absolute atomic E-state index is 0.00777. The summed E-state index contributed by atoms with van der Waals surface area (Å²) < 4.78 is 12.8. The van der Waals surface area contributed by atoms with E-state index in [4.69, 9.17) is 12.2 Å². The van der Waals surface area contributed by atoms with Crippen LogP contribution in [0.5, 0.6) is 0 Å². The molecule has 1 atom stereocenters. The molecule has 0 aliphatic carbocycles. The van der Waals surface area contributed by atoms with Gasteiger partial charge in [-0.05, 0) is 36.5 Å². The molecule has 0 radical (unpaired) electrons. The minimum atomic E-state index is -0.317. The van der Waals surface area contributed by atoms with E-state index in [2.05, 4.69) is 0 Å². The first kappa shape index (κ1) is 11.0. The molecule has 2 heterocycles. The summed E-state index contributed by atoms with van der Waals surface area (Å²) in [4.78, 5) is 15.6. The summed E-state index contributed by atoms with van der Waals surface area (Å²) in [6.07, 6.45) is 0. The largest absolute Gasteiger partial charge is 0.326 e. The Morgan fingerprint density at radius 1 is 1.35 bits per heavy atom. The van der Waals surface area contributed by atoms with Crippen molar-refractivity contribution >= 4 is 40.7 Å². The van der Waals surface area contributed by atoms with Gasteiger partial charge in [-0.2, -0.15) is 0 Å². The Balaban J connectivity index is 1.96. The first-order chi connectivity index (χ1) is 8.18. The van der Waals surface area contributed by atoms with Gasteiger partial charge in [-0.3, -0.25) is 9.69 Å². The number of benzene rings is 1. The van der Waals surface area contributed by atoms with Crippen LogP contribution in [0.15, 0.2) is 24.3 Å². The molecule has 6 heteroatoms. The van der Waals surface area contributed by atoms with E-state index in [-0.39, 0.29) is 17.8 Å². The van der Waals surface area contributed by atoms with Gasteiger partial charge in [0.25, 0.3) is 5.91 Å². The molecule has 0 bridgehead atoms. The summed E-state index contributed by atoms with van der Waals surface area (Å²) in [6.45, 7) is 0. The molecule has 1 aromatic rings. The van der Waals surface area contributed by atoms with Crippen molar-refractivity contribution in [3.05, 3.63) is 30.1 Å². The number of carbonyl (C=O) groups excluding carboxylic acids is 1. The molecule has 3 rings (SSSR count). The van der Waals surface area contributed by atoms with Crippen LogP contribution in [-0.2, 0) is 4.79 Å². The highest BCUT2D eigenvalue weighted by Crippen LogP contribution is 2.32. The van der Waals surface area contributed by atoms with E-state index in [1.165, 1.54) is 17.0 Å². The maximum Gasteiger partial charge on any atom is 0.256 e. The number of nitrogens with zero attached hydrogens (tertiary/aromatic N) is 2. The smallest absolute Gasteiger partial charge is 0.256 e. The fourth-order valence-corrected chi connectivity index (χ4v) is 3.65. The SMILES string of the molecule is O=C1C2CSCN2C(=S)N1c1ccc(F)cc1. The summed E-state index contributed by atoms with van der Waals surface area (Å²) in [5, 5.41) is 0.525. The normalized spacial score (nSPS) is 23.5. The lowest BCUT2D eigenvalue weighted by Crippen LogP contribution is -2.32. The second-order valence-electron chi connectivity index (χ2n) is 3.92. The molecule has 1 amide bonds. The van der Waals surface area contributed by atoms with Crippen molar-refractivity contribution in [1.82, 2.24) is 4.90 Å². The zero-order valence-corrected chi connectivity index (χ0v) is 10.4. The van der Waals surface area contributed by atoms with Crippen molar-refractivity contribution in [2.24, 2.45) is 0 Å². The number of fused-ring (bicyclic) bond motifs is 1. The lowest BCUT2D eigenvalue weighted by atomic mass is 10.2. The van der Waals surface area contributed by atoms with Gasteiger partial charge in [0.05, 0.1) is 11.6 Å². The molecule has 2 aliphatic rings. The van der Waals surface area contributed by atoms with E-state index in [1.54, 1.807) is 23.9 Å². The molecule has 88 valence electrons. The van der Waals surface area contributed by atoms with Crippen LogP contribution in [-0.4, -0.2) is 33.6 Å². The van der Waals surface area contributed by atoms with Crippen molar-refractivity contribution in [3.63, 3.8) is 0 Å². The number of anilines is 1. The Labute approximate surface area is 108 Å². The molecule has 3 nitrogen and oxygen atoms in total.